The fraction of sp³-hybridized carbons (Fsp3) is 0.188. The van der Waals surface area contributed by atoms with Crippen LogP contribution in [0.3, 0.4) is 0 Å². The number of aliphatic hydroxyl groups is 1. The van der Waals surface area contributed by atoms with Gasteiger partial charge < -0.3 is 21.2 Å². The van der Waals surface area contributed by atoms with Gasteiger partial charge >= 0.3 is 6.05 Å². The third-order valence-corrected chi connectivity index (χ3v) is 7.72. The molecule has 0 bridgehead atoms. The Labute approximate surface area is 269 Å². The number of hydrogen-bond donors (Lipinski definition) is 5. The van der Waals surface area contributed by atoms with Gasteiger partial charge in [-0.3, -0.25) is 4.98 Å². The zero-order valence-corrected chi connectivity index (χ0v) is 24.9. The lowest BCUT2D eigenvalue weighted by Gasteiger charge is -2.34. The standard InChI is InChI=1S/C32H25BClF2N9O/c33-32(23-9-4-6-20(12-23)15-38,28-18-45(44-43-28)31(35,36)19-46)42-24-13-25-29(22(16-39)17-40-30(25)26(34)14-24)41-27(10-5-11-37)21-7-2-1-3-8-21/h1-4,6-9,12-14,17-18,27,42-44,46H,5,10,19H2,(H,40,41)/t27-,32?/m1/s1. The first kappa shape index (κ1) is 32.0. The van der Waals surface area contributed by atoms with Crippen LogP contribution in [0.5, 0.6) is 0 Å². The number of alkyl halides is 2. The summed E-state index contributed by atoms with van der Waals surface area (Å²) in [6, 6.07) is 21.4. The smallest absolute Gasteiger partial charge is 0.362 e. The molecule has 1 unspecified atom stereocenters. The van der Waals surface area contributed by atoms with Crippen molar-refractivity contribution in [2.45, 2.75) is 30.4 Å². The van der Waals surface area contributed by atoms with Gasteiger partial charge in [-0.2, -0.15) is 24.6 Å². The molecule has 0 saturated carbocycles. The molecule has 2 radical (unpaired) electrons. The Kier molecular flexibility index (Phi) is 9.27. The van der Waals surface area contributed by atoms with Crippen molar-refractivity contribution in [3.63, 3.8) is 0 Å². The van der Waals surface area contributed by atoms with Crippen molar-refractivity contribution in [2.24, 2.45) is 0 Å². The maximum Gasteiger partial charge on any atom is 0.362 e. The second kappa shape index (κ2) is 13.3. The molecule has 5 rings (SSSR count). The largest absolute Gasteiger partial charge is 0.388 e. The molecule has 3 aromatic carbocycles. The number of benzene rings is 3. The first-order valence-electron chi connectivity index (χ1n) is 13.9. The Balaban J connectivity index is 1.64. The monoisotopic (exact) mass is 635 g/mol. The summed E-state index contributed by atoms with van der Waals surface area (Å²) < 4.78 is 28.7. The molecule has 5 N–H and O–H groups in total. The summed E-state index contributed by atoms with van der Waals surface area (Å²) in [4.78, 5) is 4.41. The van der Waals surface area contributed by atoms with E-state index in [0.29, 0.717) is 39.3 Å². The Bertz CT molecular complexity index is 1920. The predicted octanol–water partition coefficient (Wildman–Crippen LogP) is 5.27. The third-order valence-electron chi connectivity index (χ3n) is 7.44. The zero-order chi connectivity index (χ0) is 32.9. The van der Waals surface area contributed by atoms with E-state index < -0.39 is 18.1 Å². The number of rotatable bonds is 11. The van der Waals surface area contributed by atoms with E-state index in [9.17, 15) is 29.7 Å². The van der Waals surface area contributed by atoms with Gasteiger partial charge in [0.15, 0.2) is 0 Å². The maximum atomic E-state index is 14.4. The fourth-order valence-corrected chi connectivity index (χ4v) is 5.35. The average molecular weight is 636 g/mol. The van der Waals surface area contributed by atoms with Crippen molar-refractivity contribution in [3.05, 3.63) is 112 Å². The van der Waals surface area contributed by atoms with E-state index in [1.807, 2.05) is 36.4 Å². The molecule has 0 saturated heterocycles. The van der Waals surface area contributed by atoms with Crippen LogP contribution >= 0.6 is 11.6 Å². The highest BCUT2D eigenvalue weighted by atomic mass is 35.5. The molecule has 14 heteroatoms. The summed E-state index contributed by atoms with van der Waals surface area (Å²) in [5.41, 5.74) is 6.06. The third kappa shape index (κ3) is 6.37. The van der Waals surface area contributed by atoms with Gasteiger partial charge in [-0.1, -0.05) is 54.1 Å². The van der Waals surface area contributed by atoms with Crippen LogP contribution in [0.4, 0.5) is 20.2 Å². The summed E-state index contributed by atoms with van der Waals surface area (Å²) in [5.74, 6) is 0. The number of pyridine rings is 1. The van der Waals surface area contributed by atoms with Crippen molar-refractivity contribution < 1.29 is 13.9 Å². The van der Waals surface area contributed by atoms with E-state index in [0.717, 1.165) is 11.8 Å². The summed E-state index contributed by atoms with van der Waals surface area (Å²) in [7, 11) is 6.94. The van der Waals surface area contributed by atoms with Crippen LogP contribution in [0.15, 0.2) is 84.8 Å². The minimum Gasteiger partial charge on any atom is -0.388 e. The quantitative estimate of drug-likeness (QED) is 0.109. The van der Waals surface area contributed by atoms with Crippen LogP contribution in [0.1, 0.15) is 41.1 Å². The Morgan fingerprint density at radius 2 is 1.85 bits per heavy atom. The number of anilines is 2. The molecule has 0 fully saturated rings. The van der Waals surface area contributed by atoms with Crippen LogP contribution in [-0.4, -0.2) is 35.6 Å². The van der Waals surface area contributed by atoms with Crippen molar-refractivity contribution >= 4 is 41.7 Å². The van der Waals surface area contributed by atoms with E-state index in [2.05, 4.69) is 38.7 Å². The fourth-order valence-electron chi connectivity index (χ4n) is 5.09. The van der Waals surface area contributed by atoms with Gasteiger partial charge in [0.25, 0.3) is 0 Å². The number of fused-ring (bicyclic) bond motifs is 1. The second-order valence-corrected chi connectivity index (χ2v) is 10.8. The predicted molar refractivity (Wildman–Crippen MR) is 170 cm³/mol. The molecule has 1 aliphatic rings. The van der Waals surface area contributed by atoms with Crippen LogP contribution in [0.25, 0.3) is 10.9 Å². The molecule has 228 valence electrons. The molecule has 0 spiro atoms. The number of nitriles is 3. The zero-order valence-electron chi connectivity index (χ0n) is 24.1. The summed E-state index contributed by atoms with van der Waals surface area (Å²) in [5, 5.41) is 45.7. The van der Waals surface area contributed by atoms with Gasteiger partial charge in [-0.15, -0.1) is 5.53 Å². The van der Waals surface area contributed by atoms with Crippen LogP contribution in [0, 0.1) is 34.0 Å². The molecular formula is C32H25BClF2N9O. The van der Waals surface area contributed by atoms with Gasteiger partial charge in [0.2, 0.25) is 0 Å². The van der Waals surface area contributed by atoms with Crippen molar-refractivity contribution in [1.82, 2.24) is 21.0 Å². The highest BCUT2D eigenvalue weighted by Gasteiger charge is 2.42. The van der Waals surface area contributed by atoms with E-state index >= 15 is 0 Å². The van der Waals surface area contributed by atoms with Gasteiger partial charge in [-0.05, 0) is 41.8 Å². The number of aromatic nitrogens is 1. The minimum atomic E-state index is -3.67. The number of halogens is 3. The molecule has 46 heavy (non-hydrogen) atoms. The highest BCUT2D eigenvalue weighted by Crippen LogP contribution is 2.39. The Morgan fingerprint density at radius 1 is 1.07 bits per heavy atom. The first-order valence-corrected chi connectivity index (χ1v) is 14.3. The molecule has 10 nitrogen and oxygen atoms in total. The van der Waals surface area contributed by atoms with Crippen LogP contribution in [-0.2, 0) is 5.44 Å². The van der Waals surface area contributed by atoms with Crippen LogP contribution in [0.2, 0.25) is 5.02 Å². The number of hydrogen-bond acceptors (Lipinski definition) is 10. The van der Waals surface area contributed by atoms with Crippen molar-refractivity contribution in [1.29, 1.82) is 15.8 Å². The summed E-state index contributed by atoms with van der Waals surface area (Å²) in [6.07, 6.45) is 3.12. The molecular weight excluding hydrogens is 611 g/mol. The van der Waals surface area contributed by atoms with Crippen molar-refractivity contribution in [2.75, 3.05) is 17.2 Å². The number of nitrogens with one attached hydrogen (secondary N) is 4. The maximum absolute atomic E-state index is 14.4. The van der Waals surface area contributed by atoms with Crippen molar-refractivity contribution in [3.8, 4) is 18.2 Å². The number of aliphatic hydroxyl groups excluding tert-OH is 1. The van der Waals surface area contributed by atoms with E-state index in [-0.39, 0.29) is 34.3 Å². The minimum absolute atomic E-state index is 0.0230. The lowest BCUT2D eigenvalue weighted by atomic mass is 9.69. The molecule has 1 aromatic heterocycles. The normalized spacial score (nSPS) is 14.6. The number of hydrazine groups is 2. The van der Waals surface area contributed by atoms with E-state index in [1.54, 1.807) is 30.3 Å². The molecule has 0 amide bonds. The highest BCUT2D eigenvalue weighted by molar-refractivity contribution is 6.36. The Hall–Kier alpha value is -5.39. The molecule has 2 atom stereocenters. The second-order valence-electron chi connectivity index (χ2n) is 10.4. The Morgan fingerprint density at radius 3 is 2.54 bits per heavy atom. The van der Waals surface area contributed by atoms with E-state index in [1.165, 1.54) is 12.3 Å². The number of nitrogens with zero attached hydrogens (tertiary/aromatic N) is 5. The first-order chi connectivity index (χ1) is 22.1. The summed E-state index contributed by atoms with van der Waals surface area (Å²) in [6.45, 7) is -1.47. The molecule has 0 aliphatic carbocycles. The lowest BCUT2D eigenvalue weighted by Crippen LogP contribution is -2.50. The topological polar surface area (TPSA) is 156 Å². The van der Waals surface area contributed by atoms with Crippen LogP contribution < -0.4 is 21.6 Å². The molecule has 1 aliphatic heterocycles. The van der Waals surface area contributed by atoms with E-state index in [4.69, 9.17) is 19.4 Å². The van der Waals surface area contributed by atoms with Gasteiger partial charge in [0.05, 0.1) is 56.7 Å². The molecule has 4 aromatic rings. The van der Waals surface area contributed by atoms with Gasteiger partial charge in [0, 0.05) is 29.9 Å². The average Bonchev–Trinajstić information content (AvgIpc) is 3.59. The lowest BCUT2D eigenvalue weighted by molar-refractivity contribution is -0.171. The SMILES string of the molecule is [B]C(Nc1cc(Cl)c2ncc(C#N)c(N[C@H](CCC#N)c3ccccc3)c2c1)(C1=CN(C(F)(F)CO)NN1)c1cccc(C#N)c1. The van der Waals surface area contributed by atoms with Gasteiger partial charge in [0.1, 0.15) is 20.5 Å². The summed E-state index contributed by atoms with van der Waals surface area (Å²) >= 11 is 6.73. The molecule has 2 heterocycles. The van der Waals surface area contributed by atoms with Gasteiger partial charge in [-0.25, -0.2) is 5.01 Å².